The second kappa shape index (κ2) is 6.51. The third-order valence-corrected chi connectivity index (χ3v) is 2.49. The molecule has 20 heavy (non-hydrogen) atoms. The fraction of sp³-hybridized carbons (Fsp3) is 0.214. The number of carbonyl (C=O) groups is 1. The van der Waals surface area contributed by atoms with Gasteiger partial charge < -0.3 is 14.4 Å². The molecule has 0 saturated heterocycles. The Morgan fingerprint density at radius 2 is 2.25 bits per heavy atom. The van der Waals surface area contributed by atoms with E-state index in [4.69, 9.17) is 14.4 Å². The number of aryl methyl sites for hydroxylation is 1. The van der Waals surface area contributed by atoms with Crippen molar-refractivity contribution in [1.29, 1.82) is 0 Å². The van der Waals surface area contributed by atoms with Gasteiger partial charge in [-0.25, -0.2) is 4.79 Å². The van der Waals surface area contributed by atoms with E-state index in [0.29, 0.717) is 29.4 Å². The van der Waals surface area contributed by atoms with Crippen molar-refractivity contribution in [2.75, 3.05) is 0 Å². The van der Waals surface area contributed by atoms with Gasteiger partial charge in [0.05, 0.1) is 0 Å². The van der Waals surface area contributed by atoms with Crippen LogP contribution in [0.4, 0.5) is 0 Å². The molecule has 104 valence electrons. The Morgan fingerprint density at radius 1 is 1.45 bits per heavy atom. The lowest BCUT2D eigenvalue weighted by molar-refractivity contribution is -0.131. The van der Waals surface area contributed by atoms with Crippen LogP contribution in [0.2, 0.25) is 0 Å². The van der Waals surface area contributed by atoms with Crippen LogP contribution < -0.4 is 4.74 Å². The lowest BCUT2D eigenvalue weighted by atomic mass is 10.2. The Morgan fingerprint density at radius 3 is 2.95 bits per heavy atom. The Kier molecular flexibility index (Phi) is 4.49. The number of rotatable bonds is 6. The van der Waals surface area contributed by atoms with Crippen LogP contribution in [-0.4, -0.2) is 21.2 Å². The predicted octanol–water partition coefficient (Wildman–Crippen LogP) is 2.31. The smallest absolute Gasteiger partial charge is 0.328 e. The van der Waals surface area contributed by atoms with Crippen molar-refractivity contribution in [2.24, 2.45) is 0 Å². The number of carboxylic acid groups (broad SMARTS) is 1. The first-order chi connectivity index (χ1) is 9.69. The molecule has 6 heteroatoms. The summed E-state index contributed by atoms with van der Waals surface area (Å²) in [6.07, 6.45) is 3.21. The maximum Gasteiger partial charge on any atom is 0.328 e. The van der Waals surface area contributed by atoms with E-state index in [1.807, 2.05) is 6.92 Å². The molecule has 2 aromatic rings. The molecule has 1 N–H and O–H groups in total. The highest BCUT2D eigenvalue weighted by Crippen LogP contribution is 2.20. The quantitative estimate of drug-likeness (QED) is 0.813. The number of hydrogen-bond donors (Lipinski definition) is 1. The molecule has 1 aromatic heterocycles. The largest absolute Gasteiger partial charge is 0.485 e. The maximum absolute atomic E-state index is 10.5. The van der Waals surface area contributed by atoms with Crippen LogP contribution in [0.25, 0.3) is 6.08 Å². The summed E-state index contributed by atoms with van der Waals surface area (Å²) in [5.74, 6) is 0.569. The summed E-state index contributed by atoms with van der Waals surface area (Å²) < 4.78 is 10.6. The van der Waals surface area contributed by atoms with Gasteiger partial charge in [-0.3, -0.25) is 0 Å². The molecule has 1 heterocycles. The maximum atomic E-state index is 10.5. The van der Waals surface area contributed by atoms with E-state index >= 15 is 0 Å². The Balaban J connectivity index is 2.07. The van der Waals surface area contributed by atoms with Gasteiger partial charge in [0, 0.05) is 18.1 Å². The van der Waals surface area contributed by atoms with Crippen molar-refractivity contribution in [3.63, 3.8) is 0 Å². The van der Waals surface area contributed by atoms with Crippen molar-refractivity contribution in [1.82, 2.24) is 10.1 Å². The van der Waals surface area contributed by atoms with Crippen molar-refractivity contribution < 1.29 is 19.2 Å². The van der Waals surface area contributed by atoms with Crippen LogP contribution in [-0.2, 0) is 17.8 Å². The second-order valence-corrected chi connectivity index (χ2v) is 3.96. The molecule has 0 fully saturated rings. The van der Waals surface area contributed by atoms with Gasteiger partial charge in [0.25, 0.3) is 0 Å². The fourth-order valence-electron chi connectivity index (χ4n) is 1.55. The van der Waals surface area contributed by atoms with E-state index in [9.17, 15) is 4.79 Å². The van der Waals surface area contributed by atoms with Gasteiger partial charge in [-0.15, -0.1) is 0 Å². The first-order valence-corrected chi connectivity index (χ1v) is 6.13. The minimum absolute atomic E-state index is 0.168. The summed E-state index contributed by atoms with van der Waals surface area (Å²) in [7, 11) is 0. The molecule has 0 bridgehead atoms. The number of aliphatic carboxylic acids is 1. The zero-order valence-electron chi connectivity index (χ0n) is 10.9. The van der Waals surface area contributed by atoms with Gasteiger partial charge in [-0.05, 0) is 12.1 Å². The van der Waals surface area contributed by atoms with Crippen molar-refractivity contribution in [3.05, 3.63) is 47.6 Å². The Hall–Kier alpha value is -2.63. The molecule has 0 radical (unpaired) electrons. The third-order valence-electron chi connectivity index (χ3n) is 2.49. The summed E-state index contributed by atoms with van der Waals surface area (Å²) in [5.41, 5.74) is 0.675. The summed E-state index contributed by atoms with van der Waals surface area (Å²) in [4.78, 5) is 14.7. The van der Waals surface area contributed by atoms with Crippen LogP contribution in [0.3, 0.4) is 0 Å². The van der Waals surface area contributed by atoms with E-state index in [-0.39, 0.29) is 6.61 Å². The molecule has 6 nitrogen and oxygen atoms in total. The molecule has 0 aliphatic heterocycles. The van der Waals surface area contributed by atoms with E-state index in [0.717, 1.165) is 6.08 Å². The second-order valence-electron chi connectivity index (χ2n) is 3.96. The number of para-hydroxylation sites is 1. The molecule has 1 aromatic carbocycles. The monoisotopic (exact) mass is 274 g/mol. The van der Waals surface area contributed by atoms with E-state index in [1.54, 1.807) is 24.3 Å². The summed E-state index contributed by atoms with van der Waals surface area (Å²) in [6, 6.07) is 7.13. The fourth-order valence-corrected chi connectivity index (χ4v) is 1.55. The normalized spacial score (nSPS) is 10.8. The number of nitrogens with zero attached hydrogens (tertiary/aromatic N) is 2. The molecule has 0 aliphatic carbocycles. The van der Waals surface area contributed by atoms with Crippen LogP contribution in [0.5, 0.6) is 5.75 Å². The molecule has 0 saturated carbocycles. The highest BCUT2D eigenvalue weighted by Gasteiger charge is 2.06. The van der Waals surface area contributed by atoms with Gasteiger partial charge in [0.15, 0.2) is 6.61 Å². The third kappa shape index (κ3) is 3.68. The number of aromatic nitrogens is 2. The summed E-state index contributed by atoms with van der Waals surface area (Å²) in [6.45, 7) is 2.09. The number of hydrogen-bond acceptors (Lipinski definition) is 5. The van der Waals surface area contributed by atoms with Gasteiger partial charge in [-0.1, -0.05) is 30.3 Å². The Bertz CT molecular complexity index is 619. The minimum Gasteiger partial charge on any atom is -0.485 e. The van der Waals surface area contributed by atoms with Crippen LogP contribution in [0, 0.1) is 0 Å². The van der Waals surface area contributed by atoms with E-state index < -0.39 is 5.97 Å². The minimum atomic E-state index is -1.01. The van der Waals surface area contributed by atoms with Crippen LogP contribution in [0.1, 0.15) is 24.2 Å². The van der Waals surface area contributed by atoms with Gasteiger partial charge in [0.2, 0.25) is 11.7 Å². The molecule has 0 unspecified atom stereocenters. The molecule has 0 aliphatic rings. The van der Waals surface area contributed by atoms with Crippen LogP contribution in [0.15, 0.2) is 34.9 Å². The zero-order chi connectivity index (χ0) is 14.4. The summed E-state index contributed by atoms with van der Waals surface area (Å²) >= 11 is 0. The first kappa shape index (κ1) is 13.8. The molecule has 0 amide bonds. The van der Waals surface area contributed by atoms with Crippen molar-refractivity contribution in [3.8, 4) is 5.75 Å². The highest BCUT2D eigenvalue weighted by molar-refractivity contribution is 5.85. The van der Waals surface area contributed by atoms with Crippen LogP contribution >= 0.6 is 0 Å². The predicted molar refractivity (Wildman–Crippen MR) is 71.1 cm³/mol. The zero-order valence-corrected chi connectivity index (χ0v) is 10.9. The average Bonchev–Trinajstić information content (AvgIpc) is 2.91. The Labute approximate surface area is 115 Å². The number of benzene rings is 1. The van der Waals surface area contributed by atoms with Crippen molar-refractivity contribution in [2.45, 2.75) is 20.0 Å². The molecule has 2 rings (SSSR count). The number of ether oxygens (including phenoxy) is 1. The molecule has 0 spiro atoms. The summed E-state index contributed by atoms with van der Waals surface area (Å²) in [5, 5.41) is 12.4. The van der Waals surface area contributed by atoms with Gasteiger partial charge in [0.1, 0.15) is 5.75 Å². The van der Waals surface area contributed by atoms with Crippen molar-refractivity contribution >= 4 is 12.0 Å². The molecular weight excluding hydrogens is 260 g/mol. The number of carboxylic acids is 1. The molecule has 0 atom stereocenters. The topological polar surface area (TPSA) is 85.5 Å². The van der Waals surface area contributed by atoms with Gasteiger partial charge >= 0.3 is 5.97 Å². The highest BCUT2D eigenvalue weighted by atomic mass is 16.5. The lowest BCUT2D eigenvalue weighted by Crippen LogP contribution is -1.99. The lowest BCUT2D eigenvalue weighted by Gasteiger charge is -2.06. The SMILES string of the molecule is CCc1nc(COc2ccccc2C=CC(=O)O)no1. The average molecular weight is 274 g/mol. The standard InChI is InChI=1S/C14H14N2O4/c1-2-13-15-12(16-20-13)9-19-11-6-4-3-5-10(11)7-8-14(17)18/h3-8H,2,9H2,1H3,(H,17,18). The van der Waals surface area contributed by atoms with Gasteiger partial charge in [-0.2, -0.15) is 4.98 Å². The molecular formula is C14H14N2O4. The van der Waals surface area contributed by atoms with E-state index in [2.05, 4.69) is 10.1 Å². The first-order valence-electron chi connectivity index (χ1n) is 6.13. The van der Waals surface area contributed by atoms with E-state index in [1.165, 1.54) is 6.08 Å².